The van der Waals surface area contributed by atoms with Crippen LogP contribution in [0.5, 0.6) is 0 Å². The van der Waals surface area contributed by atoms with Crippen molar-refractivity contribution >= 4 is 31.7 Å². The molecule has 10 heteroatoms. The molecule has 2 N–H and O–H groups in total. The molecule has 0 radical (unpaired) electrons. The summed E-state index contributed by atoms with van der Waals surface area (Å²) in [5.41, 5.74) is -2.53. The van der Waals surface area contributed by atoms with E-state index in [1.54, 1.807) is 0 Å². The van der Waals surface area contributed by atoms with E-state index in [0.29, 0.717) is 5.33 Å². The molecule has 1 aromatic carbocycles. The van der Waals surface area contributed by atoms with Crippen molar-refractivity contribution < 1.29 is 31.8 Å². The quantitative estimate of drug-likeness (QED) is 0.681. The summed E-state index contributed by atoms with van der Waals surface area (Å²) in [4.78, 5) is 12.2. The van der Waals surface area contributed by atoms with Crippen molar-refractivity contribution in [3.63, 3.8) is 0 Å². The normalized spacial score (nSPS) is 21.1. The number of alkyl halides is 1. The number of nitrogens with one attached hydrogen (secondary N) is 1. The number of ether oxygens (including phenoxy) is 1. The zero-order chi connectivity index (χ0) is 18.1. The topological polar surface area (TPSA) is 92.7 Å². The van der Waals surface area contributed by atoms with E-state index in [4.69, 9.17) is 4.74 Å². The zero-order valence-electron chi connectivity index (χ0n) is 12.5. The van der Waals surface area contributed by atoms with Crippen molar-refractivity contribution in [3.8, 4) is 0 Å². The van der Waals surface area contributed by atoms with Crippen molar-refractivity contribution in [1.82, 2.24) is 4.72 Å². The van der Waals surface area contributed by atoms with Gasteiger partial charge in [-0.25, -0.2) is 17.2 Å². The summed E-state index contributed by atoms with van der Waals surface area (Å²) < 4.78 is 58.2. The molecule has 1 aliphatic rings. The van der Waals surface area contributed by atoms with Crippen molar-refractivity contribution in [1.29, 1.82) is 0 Å². The first-order valence-corrected chi connectivity index (χ1v) is 9.57. The summed E-state index contributed by atoms with van der Waals surface area (Å²) in [5.74, 6) is -4.80. The lowest BCUT2D eigenvalue weighted by Gasteiger charge is -2.24. The van der Waals surface area contributed by atoms with Crippen LogP contribution in [-0.4, -0.2) is 30.4 Å². The third-order valence-corrected chi connectivity index (χ3v) is 5.29. The second-order valence-corrected chi connectivity index (χ2v) is 7.86. The van der Waals surface area contributed by atoms with Gasteiger partial charge < -0.3 is 9.84 Å². The molecule has 132 valence electrons. The van der Waals surface area contributed by atoms with Crippen molar-refractivity contribution in [2.45, 2.75) is 18.9 Å². The Bertz CT molecular complexity index is 811. The van der Waals surface area contributed by atoms with Gasteiger partial charge in [-0.1, -0.05) is 15.9 Å². The zero-order valence-corrected chi connectivity index (χ0v) is 14.9. The molecule has 0 saturated carbocycles. The highest BCUT2D eigenvalue weighted by molar-refractivity contribution is 9.09. The molecule has 1 atom stereocenters. The fourth-order valence-corrected chi connectivity index (χ4v) is 3.87. The number of sulfonamides is 1. The summed E-state index contributed by atoms with van der Waals surface area (Å²) >= 11 is 3.08. The first kappa shape index (κ1) is 18.7. The van der Waals surface area contributed by atoms with Crippen LogP contribution >= 0.6 is 15.9 Å². The van der Waals surface area contributed by atoms with E-state index in [0.717, 1.165) is 25.1 Å². The van der Waals surface area contributed by atoms with Crippen LogP contribution in [0.25, 0.3) is 0 Å². The molecule has 0 aromatic heterocycles. The number of benzene rings is 1. The van der Waals surface area contributed by atoms with Crippen LogP contribution in [0, 0.1) is 11.6 Å². The van der Waals surface area contributed by atoms with Gasteiger partial charge in [-0.05, 0) is 31.5 Å². The number of ketones is 1. The third-order valence-electron chi connectivity index (χ3n) is 3.41. The molecule has 1 aliphatic heterocycles. The molecule has 2 rings (SSSR count). The van der Waals surface area contributed by atoms with Gasteiger partial charge in [0.25, 0.3) is 5.78 Å². The maximum Gasteiger partial charge on any atom is 0.250 e. The van der Waals surface area contributed by atoms with Crippen LogP contribution in [0.15, 0.2) is 29.8 Å². The minimum atomic E-state index is -3.88. The van der Waals surface area contributed by atoms with Gasteiger partial charge in [0.1, 0.15) is 11.6 Å². The van der Waals surface area contributed by atoms with Crippen molar-refractivity contribution in [3.05, 3.63) is 47.0 Å². The number of rotatable bonds is 6. The molecule has 1 heterocycles. The summed E-state index contributed by atoms with van der Waals surface area (Å²) in [7, 11) is -3.88. The molecule has 0 saturated heterocycles. The van der Waals surface area contributed by atoms with E-state index in [1.165, 1.54) is 0 Å². The van der Waals surface area contributed by atoms with Crippen LogP contribution in [0.1, 0.15) is 18.9 Å². The lowest BCUT2D eigenvalue weighted by atomic mass is 9.91. The van der Waals surface area contributed by atoms with Gasteiger partial charge in [-0.15, -0.1) is 0 Å². The highest BCUT2D eigenvalue weighted by Gasteiger charge is 2.50. The Balaban J connectivity index is 2.34. The van der Waals surface area contributed by atoms with E-state index < -0.39 is 50.2 Å². The number of carbonyl (C=O) groups excluding carboxylic acids is 1. The molecule has 1 aromatic rings. The molecule has 0 amide bonds. The van der Waals surface area contributed by atoms with Crippen molar-refractivity contribution in [2.24, 2.45) is 0 Å². The molecule has 6 nitrogen and oxygen atoms in total. The van der Waals surface area contributed by atoms with Gasteiger partial charge in [-0.2, -0.15) is 0 Å². The van der Waals surface area contributed by atoms with Crippen LogP contribution in [0.3, 0.4) is 0 Å². The predicted octanol–water partition coefficient (Wildman–Crippen LogP) is 2.21. The summed E-state index contributed by atoms with van der Waals surface area (Å²) in [6.07, 6.45) is 0.285. The Morgan fingerprint density at radius 2 is 2.04 bits per heavy atom. The lowest BCUT2D eigenvalue weighted by Crippen LogP contribution is -2.33. The standard InChI is InChI=1S/C14H14BrF2NO5S/c1-14(9-7-8(16)3-4-10(9)17)12(20)11(19)13(23-14)18-24(21,22)6-2-5-15/h3-4,7,18-19H,2,5-6H2,1H3. The molecule has 0 bridgehead atoms. The predicted molar refractivity (Wildman–Crippen MR) is 84.8 cm³/mol. The average molecular weight is 426 g/mol. The molecule has 0 aliphatic carbocycles. The average Bonchev–Trinajstić information content (AvgIpc) is 2.72. The van der Waals surface area contributed by atoms with Crippen molar-refractivity contribution in [2.75, 3.05) is 11.1 Å². The number of halogens is 3. The van der Waals surface area contributed by atoms with E-state index >= 15 is 0 Å². The van der Waals surface area contributed by atoms with Gasteiger partial charge in [0.15, 0.2) is 0 Å². The Kier molecular flexibility index (Phi) is 5.19. The monoisotopic (exact) mass is 425 g/mol. The van der Waals surface area contributed by atoms with E-state index in [1.807, 2.05) is 4.72 Å². The number of aliphatic hydroxyl groups excluding tert-OH is 1. The fraction of sp³-hybridized carbons (Fsp3) is 0.357. The van der Waals surface area contributed by atoms with Crippen LogP contribution in [-0.2, 0) is 25.2 Å². The van der Waals surface area contributed by atoms with Gasteiger partial charge in [0.2, 0.25) is 27.3 Å². The second-order valence-electron chi connectivity index (χ2n) is 5.23. The molecular weight excluding hydrogens is 412 g/mol. The highest BCUT2D eigenvalue weighted by atomic mass is 79.9. The lowest BCUT2D eigenvalue weighted by molar-refractivity contribution is -0.132. The number of aliphatic hydroxyl groups is 1. The Morgan fingerprint density at radius 1 is 1.38 bits per heavy atom. The Labute approximate surface area is 145 Å². The molecule has 24 heavy (non-hydrogen) atoms. The Hall–Kier alpha value is -1.68. The largest absolute Gasteiger partial charge is 0.501 e. The maximum absolute atomic E-state index is 14.0. The summed E-state index contributed by atoms with van der Waals surface area (Å²) in [6, 6.07) is 2.42. The van der Waals surface area contributed by atoms with Gasteiger partial charge in [0, 0.05) is 10.9 Å². The molecule has 0 spiro atoms. The maximum atomic E-state index is 14.0. The SMILES string of the molecule is CC1(c2cc(F)ccc2F)OC(NS(=O)(=O)CCCBr)=C(O)C1=O. The third kappa shape index (κ3) is 3.54. The summed E-state index contributed by atoms with van der Waals surface area (Å²) in [5, 5.41) is 10.3. The molecular formula is C14H14BrF2NO5S. The fourth-order valence-electron chi connectivity index (χ4n) is 2.17. The van der Waals surface area contributed by atoms with E-state index in [9.17, 15) is 27.1 Å². The minimum Gasteiger partial charge on any atom is -0.501 e. The van der Waals surface area contributed by atoms with Gasteiger partial charge >= 0.3 is 0 Å². The number of hydrogen-bond donors (Lipinski definition) is 2. The Morgan fingerprint density at radius 3 is 2.67 bits per heavy atom. The first-order chi connectivity index (χ1) is 11.1. The number of Topliss-reactive ketones (excluding diaryl/α,β-unsaturated/α-hetero) is 1. The highest BCUT2D eigenvalue weighted by Crippen LogP contribution is 2.38. The van der Waals surface area contributed by atoms with Crippen LogP contribution in [0.2, 0.25) is 0 Å². The minimum absolute atomic E-state index is 0.280. The first-order valence-electron chi connectivity index (χ1n) is 6.80. The number of hydrogen-bond acceptors (Lipinski definition) is 5. The second kappa shape index (κ2) is 6.67. The van der Waals surface area contributed by atoms with E-state index in [2.05, 4.69) is 15.9 Å². The van der Waals surface area contributed by atoms with Gasteiger partial charge in [0.05, 0.1) is 5.75 Å². The van der Waals surface area contributed by atoms with E-state index in [-0.39, 0.29) is 12.2 Å². The number of carbonyl (C=O) groups is 1. The van der Waals surface area contributed by atoms with Crippen LogP contribution in [0.4, 0.5) is 8.78 Å². The van der Waals surface area contributed by atoms with Gasteiger partial charge in [-0.3, -0.25) is 9.52 Å². The molecule has 0 fully saturated rings. The van der Waals surface area contributed by atoms with Crippen LogP contribution < -0.4 is 4.72 Å². The summed E-state index contributed by atoms with van der Waals surface area (Å²) in [6.45, 7) is 1.11. The smallest absolute Gasteiger partial charge is 0.250 e. The molecule has 1 unspecified atom stereocenters.